The third-order valence-electron chi connectivity index (χ3n) is 4.15. The maximum Gasteiger partial charge on any atom is 0.258 e. The van der Waals surface area contributed by atoms with E-state index in [1.165, 1.54) is 19.3 Å². The first-order valence-corrected chi connectivity index (χ1v) is 8.87. The van der Waals surface area contributed by atoms with Crippen molar-refractivity contribution in [1.82, 2.24) is 15.3 Å². The molecule has 0 aliphatic rings. The average molecular weight is 329 g/mol. The van der Waals surface area contributed by atoms with Crippen LogP contribution in [0.3, 0.4) is 0 Å². The summed E-state index contributed by atoms with van der Waals surface area (Å²) in [5.74, 6) is 0.568. The Bertz CT molecular complexity index is 724. The lowest BCUT2D eigenvalue weighted by Crippen LogP contribution is -2.32. The molecule has 0 spiro atoms. The van der Waals surface area contributed by atoms with Gasteiger partial charge in [-0.3, -0.25) is 9.59 Å². The summed E-state index contributed by atoms with van der Waals surface area (Å²) in [4.78, 5) is 31.2. The number of aromatic nitrogens is 2. The van der Waals surface area contributed by atoms with Gasteiger partial charge in [0.15, 0.2) is 0 Å². The third-order valence-corrected chi connectivity index (χ3v) is 4.15. The molecule has 1 unspecified atom stereocenters. The number of amides is 1. The van der Waals surface area contributed by atoms with Gasteiger partial charge in [0.1, 0.15) is 5.82 Å². The lowest BCUT2D eigenvalue weighted by atomic mass is 10.1. The summed E-state index contributed by atoms with van der Waals surface area (Å²) >= 11 is 0. The van der Waals surface area contributed by atoms with E-state index in [1.54, 1.807) is 6.07 Å². The fraction of sp³-hybridized carbons (Fsp3) is 0.526. The Labute approximate surface area is 142 Å². The fourth-order valence-electron chi connectivity index (χ4n) is 2.78. The normalized spacial score (nSPS) is 12.2. The zero-order chi connectivity index (χ0) is 17.4. The molecule has 24 heavy (non-hydrogen) atoms. The number of hydrogen-bond acceptors (Lipinski definition) is 3. The molecular weight excluding hydrogens is 302 g/mol. The van der Waals surface area contributed by atoms with E-state index in [0.29, 0.717) is 29.6 Å². The molecule has 5 nitrogen and oxygen atoms in total. The number of nitrogens with zero attached hydrogens (tertiary/aromatic N) is 1. The summed E-state index contributed by atoms with van der Waals surface area (Å²) < 4.78 is 0. The van der Waals surface area contributed by atoms with E-state index in [-0.39, 0.29) is 17.5 Å². The number of aryl methyl sites for hydroxylation is 1. The van der Waals surface area contributed by atoms with Gasteiger partial charge >= 0.3 is 0 Å². The van der Waals surface area contributed by atoms with Gasteiger partial charge in [-0.15, -0.1) is 0 Å². The summed E-state index contributed by atoms with van der Waals surface area (Å²) in [6.45, 7) is 4.23. The molecule has 5 heteroatoms. The van der Waals surface area contributed by atoms with Gasteiger partial charge in [-0.1, -0.05) is 44.7 Å². The molecule has 0 aliphatic carbocycles. The summed E-state index contributed by atoms with van der Waals surface area (Å²) in [6.07, 6.45) is 6.62. The molecule has 0 fully saturated rings. The number of fused-ring (bicyclic) bond motifs is 1. The highest BCUT2D eigenvalue weighted by Crippen LogP contribution is 2.08. The molecule has 0 aliphatic heterocycles. The van der Waals surface area contributed by atoms with Crippen LogP contribution in [0.2, 0.25) is 0 Å². The Kier molecular flexibility index (Phi) is 6.97. The standard InChI is InChI=1S/C19H27N3O2/c1-3-4-5-6-9-14(2)20-18(23)13-12-17-21-16-11-8-7-10-15(16)19(24)22-17/h7-8,10-11,14H,3-6,9,12-13H2,1-2H3,(H,20,23)(H,21,22,24). The first kappa shape index (κ1) is 18.2. The summed E-state index contributed by atoms with van der Waals surface area (Å²) in [5.41, 5.74) is 0.515. The Hall–Kier alpha value is -2.17. The first-order valence-electron chi connectivity index (χ1n) is 8.87. The first-order chi connectivity index (χ1) is 11.6. The van der Waals surface area contributed by atoms with Crippen molar-refractivity contribution in [1.29, 1.82) is 0 Å². The van der Waals surface area contributed by atoms with Gasteiger partial charge in [0.25, 0.3) is 5.56 Å². The van der Waals surface area contributed by atoms with Crippen LogP contribution in [0, 0.1) is 0 Å². The number of hydrogen-bond donors (Lipinski definition) is 2. The van der Waals surface area contributed by atoms with Crippen LogP contribution in [0.5, 0.6) is 0 Å². The molecule has 2 N–H and O–H groups in total. The molecule has 130 valence electrons. The summed E-state index contributed by atoms with van der Waals surface area (Å²) in [5, 5.41) is 3.60. The molecule has 1 amide bonds. The van der Waals surface area contributed by atoms with Crippen LogP contribution in [0.25, 0.3) is 10.9 Å². The number of para-hydroxylation sites is 1. The minimum atomic E-state index is -0.152. The monoisotopic (exact) mass is 329 g/mol. The van der Waals surface area contributed by atoms with Crippen molar-refractivity contribution in [3.63, 3.8) is 0 Å². The van der Waals surface area contributed by atoms with Gasteiger partial charge in [-0.05, 0) is 25.5 Å². The van der Waals surface area contributed by atoms with Crippen LogP contribution in [-0.2, 0) is 11.2 Å². The highest BCUT2D eigenvalue weighted by Gasteiger charge is 2.09. The van der Waals surface area contributed by atoms with Gasteiger partial charge in [0.05, 0.1) is 10.9 Å². The van der Waals surface area contributed by atoms with Crippen LogP contribution in [0.4, 0.5) is 0 Å². The smallest absolute Gasteiger partial charge is 0.258 e. The van der Waals surface area contributed by atoms with Crippen LogP contribution in [0.1, 0.15) is 58.2 Å². The van der Waals surface area contributed by atoms with Crippen LogP contribution >= 0.6 is 0 Å². The maximum absolute atomic E-state index is 12.0. The number of nitrogens with one attached hydrogen (secondary N) is 2. The lowest BCUT2D eigenvalue weighted by Gasteiger charge is -2.13. The summed E-state index contributed by atoms with van der Waals surface area (Å²) in [6, 6.07) is 7.42. The molecular formula is C19H27N3O2. The summed E-state index contributed by atoms with van der Waals surface area (Å²) in [7, 11) is 0. The van der Waals surface area contributed by atoms with Gasteiger partial charge < -0.3 is 10.3 Å². The van der Waals surface area contributed by atoms with Crippen molar-refractivity contribution in [2.24, 2.45) is 0 Å². The van der Waals surface area contributed by atoms with Crippen LogP contribution < -0.4 is 10.9 Å². The Morgan fingerprint density at radius 1 is 1.25 bits per heavy atom. The van der Waals surface area contributed by atoms with E-state index in [4.69, 9.17) is 0 Å². The van der Waals surface area contributed by atoms with Crippen molar-refractivity contribution < 1.29 is 4.79 Å². The molecule has 2 rings (SSSR count). The molecule has 0 saturated heterocycles. The van der Waals surface area contributed by atoms with Crippen LogP contribution in [0.15, 0.2) is 29.1 Å². The zero-order valence-corrected chi connectivity index (χ0v) is 14.6. The Morgan fingerprint density at radius 3 is 2.83 bits per heavy atom. The van der Waals surface area contributed by atoms with E-state index in [1.807, 2.05) is 25.1 Å². The molecule has 1 aromatic carbocycles. The maximum atomic E-state index is 12.0. The SMILES string of the molecule is CCCCCCC(C)NC(=O)CCc1nc2ccccc2c(=O)[nH]1. The fourth-order valence-corrected chi connectivity index (χ4v) is 2.78. The van der Waals surface area contributed by atoms with Crippen molar-refractivity contribution in [2.45, 2.75) is 64.8 Å². The number of carbonyl (C=O) groups is 1. The van der Waals surface area contributed by atoms with E-state index in [9.17, 15) is 9.59 Å². The van der Waals surface area contributed by atoms with Crippen molar-refractivity contribution in [2.75, 3.05) is 0 Å². The van der Waals surface area contributed by atoms with Crippen LogP contribution in [-0.4, -0.2) is 21.9 Å². The number of H-pyrrole nitrogens is 1. The molecule has 1 heterocycles. The van der Waals surface area contributed by atoms with Crippen molar-refractivity contribution in [3.8, 4) is 0 Å². The molecule has 0 bridgehead atoms. The van der Waals surface area contributed by atoms with Gasteiger partial charge in [-0.25, -0.2) is 4.98 Å². The average Bonchev–Trinajstić information content (AvgIpc) is 2.57. The van der Waals surface area contributed by atoms with E-state index < -0.39 is 0 Å². The molecule has 1 aromatic heterocycles. The number of aromatic amines is 1. The van der Waals surface area contributed by atoms with Crippen molar-refractivity contribution in [3.05, 3.63) is 40.4 Å². The molecule has 0 saturated carbocycles. The van der Waals surface area contributed by atoms with Gasteiger partial charge in [0.2, 0.25) is 5.91 Å². The van der Waals surface area contributed by atoms with Gasteiger partial charge in [-0.2, -0.15) is 0 Å². The minimum Gasteiger partial charge on any atom is -0.354 e. The second-order valence-electron chi connectivity index (χ2n) is 6.35. The van der Waals surface area contributed by atoms with E-state index >= 15 is 0 Å². The second-order valence-corrected chi connectivity index (χ2v) is 6.35. The van der Waals surface area contributed by atoms with E-state index in [2.05, 4.69) is 22.2 Å². The lowest BCUT2D eigenvalue weighted by molar-refractivity contribution is -0.121. The minimum absolute atomic E-state index is 0.00815. The predicted molar refractivity (Wildman–Crippen MR) is 97.0 cm³/mol. The second kappa shape index (κ2) is 9.21. The Balaban J connectivity index is 1.82. The topological polar surface area (TPSA) is 74.8 Å². The highest BCUT2D eigenvalue weighted by molar-refractivity contribution is 5.78. The number of carbonyl (C=O) groups excluding carboxylic acids is 1. The number of unbranched alkanes of at least 4 members (excludes halogenated alkanes) is 3. The molecule has 0 radical (unpaired) electrons. The highest BCUT2D eigenvalue weighted by atomic mass is 16.1. The number of benzene rings is 1. The van der Waals surface area contributed by atoms with Gasteiger partial charge in [0, 0.05) is 18.9 Å². The quantitative estimate of drug-likeness (QED) is 0.693. The van der Waals surface area contributed by atoms with E-state index in [0.717, 1.165) is 12.8 Å². The largest absolute Gasteiger partial charge is 0.354 e. The third kappa shape index (κ3) is 5.48. The van der Waals surface area contributed by atoms with Crippen molar-refractivity contribution >= 4 is 16.8 Å². The molecule has 2 aromatic rings. The predicted octanol–water partition coefficient (Wildman–Crippen LogP) is 3.33. The Morgan fingerprint density at radius 2 is 2.04 bits per heavy atom. The molecule has 1 atom stereocenters. The number of rotatable bonds is 9. The zero-order valence-electron chi connectivity index (χ0n) is 14.6.